The van der Waals surface area contributed by atoms with Crippen LogP contribution in [0.5, 0.6) is 0 Å². The van der Waals surface area contributed by atoms with Crippen molar-refractivity contribution >= 4 is 17.2 Å². The minimum Gasteiger partial charge on any atom is -0.336 e. The quantitative estimate of drug-likeness (QED) is 0.844. The van der Waals surface area contributed by atoms with Crippen LogP contribution in [-0.2, 0) is 17.8 Å². The molecule has 0 saturated heterocycles. The zero-order chi connectivity index (χ0) is 14.5. The first-order valence-electron chi connectivity index (χ1n) is 6.80. The highest BCUT2D eigenvalue weighted by molar-refractivity contribution is 7.09. The number of hydrogen-bond donors (Lipinski definition) is 0. The number of amides is 1. The molecule has 0 bridgehead atoms. The maximum atomic E-state index is 12.5. The molecule has 0 aliphatic carbocycles. The highest BCUT2D eigenvalue weighted by Crippen LogP contribution is 2.13. The molecule has 0 N–H and O–H groups in total. The minimum atomic E-state index is 0.133. The van der Waals surface area contributed by atoms with Crippen molar-refractivity contribution in [2.45, 2.75) is 39.8 Å². The Bertz CT molecular complexity index is 563. The topological polar surface area (TPSA) is 33.2 Å². The fraction of sp³-hybridized carbons (Fsp3) is 0.375. The molecule has 0 atom stereocenters. The average molecular weight is 288 g/mol. The number of hydrogen-bond acceptors (Lipinski definition) is 3. The van der Waals surface area contributed by atoms with Gasteiger partial charge in [0.1, 0.15) is 0 Å². The van der Waals surface area contributed by atoms with Gasteiger partial charge in [0, 0.05) is 18.0 Å². The Hall–Kier alpha value is -1.68. The third kappa shape index (κ3) is 3.90. The van der Waals surface area contributed by atoms with E-state index in [-0.39, 0.29) is 11.9 Å². The monoisotopic (exact) mass is 288 g/mol. The van der Waals surface area contributed by atoms with Crippen LogP contribution in [-0.4, -0.2) is 21.8 Å². The van der Waals surface area contributed by atoms with Gasteiger partial charge < -0.3 is 4.90 Å². The first-order valence-corrected chi connectivity index (χ1v) is 7.68. The number of carbonyl (C=O) groups is 1. The largest absolute Gasteiger partial charge is 0.336 e. The molecule has 1 heterocycles. The summed E-state index contributed by atoms with van der Waals surface area (Å²) in [6.07, 6.45) is 0.384. The summed E-state index contributed by atoms with van der Waals surface area (Å²) in [7, 11) is 0. The molecule has 0 aliphatic rings. The Balaban J connectivity index is 2.06. The predicted molar refractivity (Wildman–Crippen MR) is 82.7 cm³/mol. The molecule has 1 amide bonds. The van der Waals surface area contributed by atoms with Gasteiger partial charge in [0.05, 0.1) is 17.1 Å². The van der Waals surface area contributed by atoms with E-state index in [0.29, 0.717) is 13.0 Å². The van der Waals surface area contributed by atoms with Crippen LogP contribution in [0, 0.1) is 6.92 Å². The van der Waals surface area contributed by atoms with Gasteiger partial charge in [0.2, 0.25) is 5.91 Å². The van der Waals surface area contributed by atoms with Crippen LogP contribution in [0.25, 0.3) is 0 Å². The lowest BCUT2D eigenvalue weighted by Crippen LogP contribution is -2.37. The van der Waals surface area contributed by atoms with Gasteiger partial charge in [-0.1, -0.05) is 30.3 Å². The van der Waals surface area contributed by atoms with E-state index in [2.05, 4.69) is 17.1 Å². The lowest BCUT2D eigenvalue weighted by Gasteiger charge is -2.26. The summed E-state index contributed by atoms with van der Waals surface area (Å²) in [5, 5.41) is 2.97. The molecule has 106 valence electrons. The Morgan fingerprint density at radius 1 is 1.30 bits per heavy atom. The van der Waals surface area contributed by atoms with E-state index < -0.39 is 0 Å². The first kappa shape index (κ1) is 14.7. The van der Waals surface area contributed by atoms with Crippen LogP contribution in [0.3, 0.4) is 0 Å². The Kier molecular flexibility index (Phi) is 4.90. The molecule has 20 heavy (non-hydrogen) atoms. The SMILES string of the molecule is Cc1nc(CC(=O)N(Cc2ccccc2)C(C)C)cs1. The van der Waals surface area contributed by atoms with Crippen molar-refractivity contribution in [3.63, 3.8) is 0 Å². The maximum absolute atomic E-state index is 12.5. The second-order valence-electron chi connectivity index (χ2n) is 5.14. The summed E-state index contributed by atoms with van der Waals surface area (Å²) < 4.78 is 0. The summed E-state index contributed by atoms with van der Waals surface area (Å²) in [5.41, 5.74) is 2.03. The van der Waals surface area contributed by atoms with Crippen LogP contribution in [0.1, 0.15) is 30.1 Å². The van der Waals surface area contributed by atoms with Gasteiger partial charge >= 0.3 is 0 Å². The van der Waals surface area contributed by atoms with Crippen molar-refractivity contribution in [1.29, 1.82) is 0 Å². The van der Waals surface area contributed by atoms with Crippen LogP contribution >= 0.6 is 11.3 Å². The second kappa shape index (κ2) is 6.66. The third-order valence-corrected chi connectivity index (χ3v) is 3.96. The van der Waals surface area contributed by atoms with Crippen LogP contribution in [0.4, 0.5) is 0 Å². The van der Waals surface area contributed by atoms with Gasteiger partial charge in [-0.05, 0) is 26.3 Å². The molecule has 0 aliphatic heterocycles. The number of aryl methyl sites for hydroxylation is 1. The fourth-order valence-electron chi connectivity index (χ4n) is 2.08. The molecule has 0 saturated carbocycles. The smallest absolute Gasteiger partial charge is 0.229 e. The molecular weight excluding hydrogens is 268 g/mol. The summed E-state index contributed by atoms with van der Waals surface area (Å²) in [6, 6.07) is 10.3. The van der Waals surface area contributed by atoms with E-state index in [4.69, 9.17) is 0 Å². The summed E-state index contributed by atoms with van der Waals surface area (Å²) in [4.78, 5) is 18.7. The minimum absolute atomic E-state index is 0.133. The molecule has 1 aromatic carbocycles. The Labute approximate surface area is 124 Å². The molecular formula is C16H20N2OS. The highest BCUT2D eigenvalue weighted by atomic mass is 32.1. The number of nitrogens with zero attached hydrogens (tertiary/aromatic N) is 2. The van der Waals surface area contributed by atoms with Crippen molar-refractivity contribution in [1.82, 2.24) is 9.88 Å². The Morgan fingerprint density at radius 3 is 2.55 bits per heavy atom. The summed E-state index contributed by atoms with van der Waals surface area (Å²) in [5.74, 6) is 0.133. The van der Waals surface area contributed by atoms with Gasteiger partial charge in [-0.15, -0.1) is 11.3 Å². The molecule has 2 rings (SSSR count). The molecule has 4 heteroatoms. The van der Waals surface area contributed by atoms with E-state index in [0.717, 1.165) is 16.3 Å². The summed E-state index contributed by atoms with van der Waals surface area (Å²) >= 11 is 1.59. The normalized spacial score (nSPS) is 10.8. The predicted octanol–water partition coefficient (Wildman–Crippen LogP) is 3.43. The molecule has 0 radical (unpaired) electrons. The van der Waals surface area contributed by atoms with Crippen molar-refractivity contribution in [2.75, 3.05) is 0 Å². The summed E-state index contributed by atoms with van der Waals surface area (Å²) in [6.45, 7) is 6.71. The van der Waals surface area contributed by atoms with Crippen LogP contribution in [0.15, 0.2) is 35.7 Å². The molecule has 0 spiro atoms. The van der Waals surface area contributed by atoms with Gasteiger partial charge in [-0.2, -0.15) is 0 Å². The van der Waals surface area contributed by atoms with Crippen molar-refractivity contribution in [3.05, 3.63) is 52.0 Å². The molecule has 3 nitrogen and oxygen atoms in total. The number of thiazole rings is 1. The molecule has 0 fully saturated rings. The third-order valence-electron chi connectivity index (χ3n) is 3.14. The zero-order valence-corrected chi connectivity index (χ0v) is 13.0. The zero-order valence-electron chi connectivity index (χ0n) is 12.2. The van der Waals surface area contributed by atoms with Gasteiger partial charge in [0.25, 0.3) is 0 Å². The van der Waals surface area contributed by atoms with Crippen molar-refractivity contribution < 1.29 is 4.79 Å². The first-order chi connectivity index (χ1) is 9.56. The number of rotatable bonds is 5. The van der Waals surface area contributed by atoms with E-state index in [9.17, 15) is 4.79 Å². The van der Waals surface area contributed by atoms with E-state index >= 15 is 0 Å². The average Bonchev–Trinajstić information content (AvgIpc) is 2.82. The standard InChI is InChI=1S/C16H20N2OS/c1-12(2)18(10-14-7-5-4-6-8-14)16(19)9-15-11-20-13(3)17-15/h4-8,11-12H,9-10H2,1-3H3. The van der Waals surface area contributed by atoms with E-state index in [1.807, 2.05) is 49.3 Å². The van der Waals surface area contributed by atoms with Gasteiger partial charge in [0.15, 0.2) is 0 Å². The second-order valence-corrected chi connectivity index (χ2v) is 6.20. The number of aromatic nitrogens is 1. The molecule has 0 unspecified atom stereocenters. The fourth-order valence-corrected chi connectivity index (χ4v) is 2.70. The lowest BCUT2D eigenvalue weighted by molar-refractivity contribution is -0.132. The van der Waals surface area contributed by atoms with Crippen molar-refractivity contribution in [3.8, 4) is 0 Å². The number of carbonyl (C=O) groups excluding carboxylic acids is 1. The van der Waals surface area contributed by atoms with E-state index in [1.54, 1.807) is 11.3 Å². The maximum Gasteiger partial charge on any atom is 0.229 e. The highest BCUT2D eigenvalue weighted by Gasteiger charge is 2.18. The van der Waals surface area contributed by atoms with Crippen LogP contribution < -0.4 is 0 Å². The Morgan fingerprint density at radius 2 is 2.00 bits per heavy atom. The number of benzene rings is 1. The van der Waals surface area contributed by atoms with E-state index in [1.165, 1.54) is 0 Å². The molecule has 2 aromatic rings. The van der Waals surface area contributed by atoms with Crippen LogP contribution in [0.2, 0.25) is 0 Å². The van der Waals surface area contributed by atoms with Crippen molar-refractivity contribution in [2.24, 2.45) is 0 Å². The van der Waals surface area contributed by atoms with Gasteiger partial charge in [-0.25, -0.2) is 4.98 Å². The van der Waals surface area contributed by atoms with Gasteiger partial charge in [-0.3, -0.25) is 4.79 Å². The lowest BCUT2D eigenvalue weighted by atomic mass is 10.1. The molecule has 1 aromatic heterocycles.